The van der Waals surface area contributed by atoms with Crippen LogP contribution in [0.25, 0.3) is 11.0 Å². The number of thiophene rings is 1. The summed E-state index contributed by atoms with van der Waals surface area (Å²) in [6.45, 7) is 2.01. The lowest BCUT2D eigenvalue weighted by atomic mass is 9.98. The normalized spacial score (nSPS) is 15.8. The molecule has 31 heavy (non-hydrogen) atoms. The third-order valence-corrected chi connectivity index (χ3v) is 7.14. The number of piperidine rings is 1. The van der Waals surface area contributed by atoms with Crippen molar-refractivity contribution in [2.75, 3.05) is 18.4 Å². The van der Waals surface area contributed by atoms with Crippen LogP contribution in [0.2, 0.25) is 0 Å². The number of para-hydroxylation sites is 1. The fraction of sp³-hybridized carbons (Fsp3) is 0.240. The van der Waals surface area contributed by atoms with E-state index in [1.807, 2.05) is 47.8 Å². The van der Waals surface area contributed by atoms with Crippen LogP contribution in [-0.2, 0) is 0 Å². The summed E-state index contributed by atoms with van der Waals surface area (Å²) in [6.07, 6.45) is 3.59. The molecule has 158 valence electrons. The number of carbonyl (C=O) groups is 1. The topological polar surface area (TPSA) is 45.5 Å². The molecular weight excluding hydrogens is 472 g/mol. The number of hydrogen-bond donors (Lipinski definition) is 1. The molecule has 1 amide bonds. The molecule has 3 heterocycles. The van der Waals surface area contributed by atoms with Gasteiger partial charge in [0.2, 0.25) is 0 Å². The fourth-order valence-corrected chi connectivity index (χ4v) is 5.39. The van der Waals surface area contributed by atoms with Gasteiger partial charge < -0.3 is 9.73 Å². The number of carbonyl (C=O) groups excluding carboxylic acids is 1. The third kappa shape index (κ3) is 4.20. The first-order chi connectivity index (χ1) is 15.2. The van der Waals surface area contributed by atoms with Gasteiger partial charge in [-0.25, -0.2) is 0 Å². The Kier molecular flexibility index (Phi) is 5.94. The second-order valence-corrected chi connectivity index (χ2v) is 9.69. The van der Waals surface area contributed by atoms with Gasteiger partial charge in [-0.15, -0.1) is 11.3 Å². The molecule has 1 aliphatic heterocycles. The van der Waals surface area contributed by atoms with Gasteiger partial charge in [0.25, 0.3) is 5.91 Å². The van der Waals surface area contributed by atoms with Gasteiger partial charge in [-0.1, -0.05) is 52.7 Å². The van der Waals surface area contributed by atoms with E-state index in [4.69, 9.17) is 4.42 Å². The summed E-state index contributed by atoms with van der Waals surface area (Å²) in [7, 11) is 0. The number of amides is 1. The van der Waals surface area contributed by atoms with Gasteiger partial charge >= 0.3 is 0 Å². The highest BCUT2D eigenvalue weighted by Crippen LogP contribution is 2.41. The molecule has 1 N–H and O–H groups in total. The van der Waals surface area contributed by atoms with Crippen LogP contribution in [0, 0.1) is 0 Å². The summed E-state index contributed by atoms with van der Waals surface area (Å²) >= 11 is 5.07. The largest absolute Gasteiger partial charge is 0.457 e. The van der Waals surface area contributed by atoms with Crippen molar-refractivity contribution in [3.05, 3.63) is 86.7 Å². The van der Waals surface area contributed by atoms with Crippen LogP contribution in [0.3, 0.4) is 0 Å². The van der Waals surface area contributed by atoms with Crippen LogP contribution in [-0.4, -0.2) is 23.9 Å². The van der Waals surface area contributed by atoms with E-state index in [1.54, 1.807) is 0 Å². The lowest BCUT2D eigenvalue weighted by Crippen LogP contribution is -2.34. The number of nitrogens with one attached hydrogen (secondary N) is 1. The zero-order valence-electron chi connectivity index (χ0n) is 17.0. The summed E-state index contributed by atoms with van der Waals surface area (Å²) in [5.41, 5.74) is 2.71. The molecule has 4 nitrogen and oxygen atoms in total. The maximum atomic E-state index is 13.0. The van der Waals surface area contributed by atoms with Gasteiger partial charge in [-0.2, -0.15) is 0 Å². The molecule has 1 aliphatic rings. The molecule has 2 aromatic heterocycles. The molecule has 1 saturated heterocycles. The molecule has 4 aromatic rings. The predicted octanol–water partition coefficient (Wildman–Crippen LogP) is 7.08. The number of anilines is 1. The van der Waals surface area contributed by atoms with Gasteiger partial charge in [0.05, 0.1) is 16.6 Å². The molecule has 6 heteroatoms. The van der Waals surface area contributed by atoms with Crippen molar-refractivity contribution in [1.82, 2.24) is 4.90 Å². The molecule has 2 aromatic carbocycles. The van der Waals surface area contributed by atoms with Crippen LogP contribution in [0.4, 0.5) is 5.69 Å². The van der Waals surface area contributed by atoms with Gasteiger partial charge in [0.15, 0.2) is 0 Å². The van der Waals surface area contributed by atoms with Gasteiger partial charge in [0, 0.05) is 9.86 Å². The van der Waals surface area contributed by atoms with Crippen molar-refractivity contribution in [1.29, 1.82) is 0 Å². The maximum absolute atomic E-state index is 13.0. The van der Waals surface area contributed by atoms with E-state index in [1.165, 1.54) is 30.6 Å². The van der Waals surface area contributed by atoms with E-state index in [0.29, 0.717) is 4.88 Å². The number of likely N-dealkylation sites (tertiary alicyclic amines) is 1. The summed E-state index contributed by atoms with van der Waals surface area (Å²) in [4.78, 5) is 16.2. The van der Waals surface area contributed by atoms with Crippen LogP contribution in [0.5, 0.6) is 0 Å². The standard InChI is InChI=1S/C25H23BrN2O2S/c26-18-9-6-8-17(16-18)23(28-13-4-1-5-14-28)24-22(19-10-2-3-11-20(19)30-24)27-25(29)21-12-7-15-31-21/h2-3,6-12,15-16,23H,1,4-5,13-14H2,(H,27,29)/t23-/m0/s1. The minimum absolute atomic E-state index is 0.0659. The second kappa shape index (κ2) is 8.99. The van der Waals surface area contributed by atoms with Crippen molar-refractivity contribution in [2.24, 2.45) is 0 Å². The smallest absolute Gasteiger partial charge is 0.265 e. The first-order valence-corrected chi connectivity index (χ1v) is 12.2. The van der Waals surface area contributed by atoms with E-state index in [2.05, 4.69) is 44.3 Å². The van der Waals surface area contributed by atoms with Crippen molar-refractivity contribution >= 4 is 49.8 Å². The van der Waals surface area contributed by atoms with E-state index in [9.17, 15) is 4.79 Å². The Morgan fingerprint density at radius 1 is 1.03 bits per heavy atom. The SMILES string of the molecule is O=C(Nc1c([C@H](c2cccc(Br)c2)N2CCCCC2)oc2ccccc12)c1cccs1. The average Bonchev–Trinajstić information content (AvgIpc) is 3.44. The Balaban J connectivity index is 1.65. The zero-order chi connectivity index (χ0) is 21.2. The molecule has 5 rings (SSSR count). The Labute approximate surface area is 194 Å². The van der Waals surface area contributed by atoms with Crippen LogP contribution in [0.1, 0.15) is 46.3 Å². The number of nitrogens with zero attached hydrogens (tertiary/aromatic N) is 1. The first kappa shape index (κ1) is 20.5. The number of hydrogen-bond acceptors (Lipinski definition) is 4. The molecule has 0 radical (unpaired) electrons. The molecule has 0 bridgehead atoms. The molecule has 1 atom stereocenters. The number of fused-ring (bicyclic) bond motifs is 1. The van der Waals surface area contributed by atoms with Crippen molar-refractivity contribution in [2.45, 2.75) is 25.3 Å². The van der Waals surface area contributed by atoms with E-state index in [-0.39, 0.29) is 11.9 Å². The monoisotopic (exact) mass is 494 g/mol. The minimum Gasteiger partial charge on any atom is -0.457 e. The maximum Gasteiger partial charge on any atom is 0.265 e. The number of rotatable bonds is 5. The Hall–Kier alpha value is -2.41. The number of benzene rings is 2. The molecular formula is C25H23BrN2O2S. The predicted molar refractivity (Wildman–Crippen MR) is 130 cm³/mol. The summed E-state index contributed by atoms with van der Waals surface area (Å²) in [6, 6.07) is 20.0. The van der Waals surface area contributed by atoms with Crippen LogP contribution >= 0.6 is 27.3 Å². The summed E-state index contributed by atoms with van der Waals surface area (Å²) < 4.78 is 7.49. The van der Waals surface area contributed by atoms with Crippen molar-refractivity contribution < 1.29 is 9.21 Å². The highest BCUT2D eigenvalue weighted by molar-refractivity contribution is 9.10. The summed E-state index contributed by atoms with van der Waals surface area (Å²) in [5.74, 6) is 0.695. The fourth-order valence-electron chi connectivity index (χ4n) is 4.35. The Morgan fingerprint density at radius 2 is 1.87 bits per heavy atom. The lowest BCUT2D eigenvalue weighted by molar-refractivity contribution is 0.102. The molecule has 0 aliphatic carbocycles. The zero-order valence-corrected chi connectivity index (χ0v) is 19.4. The molecule has 0 unspecified atom stereocenters. The third-order valence-electron chi connectivity index (χ3n) is 5.77. The second-order valence-electron chi connectivity index (χ2n) is 7.82. The van der Waals surface area contributed by atoms with E-state index >= 15 is 0 Å². The molecule has 0 spiro atoms. The van der Waals surface area contributed by atoms with Gasteiger partial charge in [-0.05, 0) is 67.2 Å². The lowest BCUT2D eigenvalue weighted by Gasteiger charge is -2.34. The summed E-state index contributed by atoms with van der Waals surface area (Å²) in [5, 5.41) is 6.03. The van der Waals surface area contributed by atoms with Crippen molar-refractivity contribution in [3.63, 3.8) is 0 Å². The first-order valence-electron chi connectivity index (χ1n) is 10.6. The van der Waals surface area contributed by atoms with Gasteiger partial charge in [-0.3, -0.25) is 9.69 Å². The van der Waals surface area contributed by atoms with E-state index in [0.717, 1.165) is 45.5 Å². The van der Waals surface area contributed by atoms with Crippen LogP contribution in [0.15, 0.2) is 74.9 Å². The molecule has 1 fully saturated rings. The van der Waals surface area contributed by atoms with E-state index < -0.39 is 0 Å². The highest BCUT2D eigenvalue weighted by atomic mass is 79.9. The number of furan rings is 1. The van der Waals surface area contributed by atoms with Crippen molar-refractivity contribution in [3.8, 4) is 0 Å². The highest BCUT2D eigenvalue weighted by Gasteiger charge is 2.31. The van der Waals surface area contributed by atoms with Crippen LogP contribution < -0.4 is 5.32 Å². The minimum atomic E-state index is -0.102. The molecule has 0 saturated carbocycles. The number of halogens is 1. The Bertz CT molecular complexity index is 1200. The van der Waals surface area contributed by atoms with Gasteiger partial charge in [0.1, 0.15) is 11.3 Å². The quantitative estimate of drug-likeness (QED) is 0.322. The Morgan fingerprint density at radius 3 is 2.65 bits per heavy atom. The average molecular weight is 495 g/mol.